The predicted octanol–water partition coefficient (Wildman–Crippen LogP) is 2.15. The van der Waals surface area contributed by atoms with Crippen molar-refractivity contribution in [1.82, 2.24) is 19.8 Å². The highest BCUT2D eigenvalue weighted by Gasteiger charge is 2.31. The molecule has 1 atom stereocenters. The maximum absolute atomic E-state index is 13.4. The molecule has 2 aliphatic rings. The number of benzene rings is 1. The van der Waals surface area contributed by atoms with Crippen molar-refractivity contribution in [2.75, 3.05) is 19.6 Å². The Bertz CT molecular complexity index is 901. The first-order valence-corrected chi connectivity index (χ1v) is 9.16. The molecule has 2 aliphatic heterocycles. The van der Waals surface area contributed by atoms with Crippen LogP contribution in [0.1, 0.15) is 46.7 Å². The lowest BCUT2D eigenvalue weighted by atomic mass is 10.0. The Hall–Kier alpha value is -2.83. The smallest absolute Gasteiger partial charge is 0.253 e. The van der Waals surface area contributed by atoms with Crippen LogP contribution in [-0.4, -0.2) is 51.2 Å². The summed E-state index contributed by atoms with van der Waals surface area (Å²) in [5, 5.41) is 0. The molecule has 0 radical (unpaired) electrons. The number of rotatable bonds is 2. The van der Waals surface area contributed by atoms with E-state index in [4.69, 9.17) is 4.98 Å². The van der Waals surface area contributed by atoms with Crippen LogP contribution in [0, 0.1) is 5.82 Å². The molecule has 0 unspecified atom stereocenters. The van der Waals surface area contributed by atoms with Gasteiger partial charge in [0.05, 0.1) is 5.69 Å². The van der Waals surface area contributed by atoms with E-state index in [1.165, 1.54) is 12.1 Å². The number of nitrogens with zero attached hydrogens (tertiary/aromatic N) is 4. The molecule has 6 nitrogen and oxygen atoms in total. The summed E-state index contributed by atoms with van der Waals surface area (Å²) in [7, 11) is 0. The summed E-state index contributed by atoms with van der Waals surface area (Å²) in [5.41, 5.74) is 2.35. The van der Waals surface area contributed by atoms with Gasteiger partial charge >= 0.3 is 0 Å². The van der Waals surface area contributed by atoms with E-state index < -0.39 is 5.82 Å². The van der Waals surface area contributed by atoms with Crippen molar-refractivity contribution in [1.29, 1.82) is 0 Å². The number of likely N-dealkylation sites (tertiary alicyclic amines) is 1. The molecule has 3 heterocycles. The molecular formula is C20H21FN4O2. The Balaban J connectivity index is 1.46. The zero-order valence-corrected chi connectivity index (χ0v) is 15.2. The van der Waals surface area contributed by atoms with Gasteiger partial charge in [0.25, 0.3) is 5.91 Å². The molecule has 27 heavy (non-hydrogen) atoms. The summed E-state index contributed by atoms with van der Waals surface area (Å²) >= 11 is 0. The van der Waals surface area contributed by atoms with Crippen LogP contribution < -0.4 is 0 Å². The molecule has 7 heteroatoms. The molecule has 1 aromatic heterocycles. The minimum Gasteiger partial charge on any atom is -0.338 e. The second-order valence-corrected chi connectivity index (χ2v) is 7.14. The minimum absolute atomic E-state index is 0.0621. The predicted molar refractivity (Wildman–Crippen MR) is 96.5 cm³/mol. The van der Waals surface area contributed by atoms with Gasteiger partial charge in [0.1, 0.15) is 11.6 Å². The van der Waals surface area contributed by atoms with Gasteiger partial charge in [-0.05, 0) is 24.6 Å². The molecule has 2 aromatic rings. The van der Waals surface area contributed by atoms with E-state index in [0.717, 1.165) is 29.9 Å². The van der Waals surface area contributed by atoms with E-state index in [-0.39, 0.29) is 17.7 Å². The summed E-state index contributed by atoms with van der Waals surface area (Å²) in [5.74, 6) is 0.325. The fourth-order valence-corrected chi connectivity index (χ4v) is 3.76. The van der Waals surface area contributed by atoms with E-state index in [2.05, 4.69) is 4.98 Å². The van der Waals surface area contributed by atoms with Gasteiger partial charge in [-0.25, -0.2) is 14.4 Å². The van der Waals surface area contributed by atoms with Crippen LogP contribution in [0.3, 0.4) is 0 Å². The summed E-state index contributed by atoms with van der Waals surface area (Å²) < 4.78 is 13.4. The van der Waals surface area contributed by atoms with E-state index in [1.807, 2.05) is 6.20 Å². The van der Waals surface area contributed by atoms with Crippen LogP contribution in [0.5, 0.6) is 0 Å². The summed E-state index contributed by atoms with van der Waals surface area (Å²) in [4.78, 5) is 36.9. The zero-order valence-electron chi connectivity index (χ0n) is 15.2. The molecule has 1 aromatic carbocycles. The minimum atomic E-state index is -0.408. The number of hydrogen-bond acceptors (Lipinski definition) is 4. The second-order valence-electron chi connectivity index (χ2n) is 7.14. The Morgan fingerprint density at radius 3 is 2.85 bits per heavy atom. The average Bonchev–Trinajstić information content (AvgIpc) is 3.16. The largest absolute Gasteiger partial charge is 0.338 e. The molecular weight excluding hydrogens is 347 g/mol. The fraction of sp³-hybridized carbons (Fsp3) is 0.400. The normalized spacial score (nSPS) is 19.1. The van der Waals surface area contributed by atoms with Gasteiger partial charge in [0.15, 0.2) is 0 Å². The van der Waals surface area contributed by atoms with Crippen LogP contribution in [0.15, 0.2) is 30.5 Å². The highest BCUT2D eigenvalue weighted by molar-refractivity contribution is 5.94. The third-order valence-electron chi connectivity index (χ3n) is 5.31. The van der Waals surface area contributed by atoms with Gasteiger partial charge in [-0.3, -0.25) is 9.59 Å². The highest BCUT2D eigenvalue weighted by atomic mass is 19.1. The first-order valence-electron chi connectivity index (χ1n) is 9.16. The maximum Gasteiger partial charge on any atom is 0.253 e. The second kappa shape index (κ2) is 7.06. The van der Waals surface area contributed by atoms with Crippen LogP contribution in [0.2, 0.25) is 0 Å². The van der Waals surface area contributed by atoms with Crippen molar-refractivity contribution in [3.8, 4) is 0 Å². The van der Waals surface area contributed by atoms with Crippen molar-refractivity contribution in [2.45, 2.75) is 32.2 Å². The molecule has 0 spiro atoms. The van der Waals surface area contributed by atoms with E-state index >= 15 is 0 Å². The van der Waals surface area contributed by atoms with Crippen LogP contribution in [-0.2, 0) is 17.8 Å². The van der Waals surface area contributed by atoms with Crippen LogP contribution in [0.4, 0.5) is 4.39 Å². The van der Waals surface area contributed by atoms with Gasteiger partial charge in [-0.2, -0.15) is 0 Å². The van der Waals surface area contributed by atoms with Crippen LogP contribution >= 0.6 is 0 Å². The molecule has 0 saturated carbocycles. The van der Waals surface area contributed by atoms with Crippen molar-refractivity contribution >= 4 is 11.8 Å². The molecule has 1 saturated heterocycles. The van der Waals surface area contributed by atoms with E-state index in [9.17, 15) is 14.0 Å². The third-order valence-corrected chi connectivity index (χ3v) is 5.31. The number of amides is 2. The number of carbonyl (C=O) groups excluding carboxylic acids is 2. The number of carbonyl (C=O) groups is 2. The summed E-state index contributed by atoms with van der Waals surface area (Å²) in [6, 6.07) is 5.78. The molecule has 140 valence electrons. The molecule has 2 amide bonds. The van der Waals surface area contributed by atoms with Gasteiger partial charge in [0, 0.05) is 62.8 Å². The Morgan fingerprint density at radius 2 is 2.07 bits per heavy atom. The van der Waals surface area contributed by atoms with Gasteiger partial charge in [0.2, 0.25) is 5.91 Å². The highest BCUT2D eigenvalue weighted by Crippen LogP contribution is 2.27. The first-order chi connectivity index (χ1) is 13.0. The molecule has 0 bridgehead atoms. The van der Waals surface area contributed by atoms with Gasteiger partial charge in [-0.1, -0.05) is 6.07 Å². The molecule has 4 rings (SSSR count). The molecule has 0 N–H and O–H groups in total. The monoisotopic (exact) mass is 368 g/mol. The van der Waals surface area contributed by atoms with Crippen molar-refractivity contribution in [3.05, 3.63) is 58.9 Å². The topological polar surface area (TPSA) is 66.4 Å². The zero-order chi connectivity index (χ0) is 19.0. The fourth-order valence-electron chi connectivity index (χ4n) is 3.76. The lowest BCUT2D eigenvalue weighted by Gasteiger charge is -2.27. The van der Waals surface area contributed by atoms with Gasteiger partial charge < -0.3 is 9.80 Å². The number of hydrogen-bond donors (Lipinski definition) is 0. The van der Waals surface area contributed by atoms with Crippen molar-refractivity contribution in [3.63, 3.8) is 0 Å². The quantitative estimate of drug-likeness (QED) is 0.815. The van der Waals surface area contributed by atoms with Crippen LogP contribution in [0.25, 0.3) is 0 Å². The average molecular weight is 368 g/mol. The standard InChI is InChI=1S/C20H21FN4O2/c1-13(26)24-8-6-18-16(12-24)10-22-19(23-18)15-5-7-25(11-15)20(27)14-3-2-4-17(21)9-14/h2-4,9-10,15H,5-8,11-12H2,1H3/t15-/m1/s1. The third kappa shape index (κ3) is 3.54. The number of aromatic nitrogens is 2. The lowest BCUT2D eigenvalue weighted by molar-refractivity contribution is -0.129. The first kappa shape index (κ1) is 17.6. The van der Waals surface area contributed by atoms with Crippen molar-refractivity contribution < 1.29 is 14.0 Å². The molecule has 1 fully saturated rings. The Kier molecular flexibility index (Phi) is 4.59. The van der Waals surface area contributed by atoms with E-state index in [0.29, 0.717) is 31.7 Å². The summed E-state index contributed by atoms with van der Waals surface area (Å²) in [6.45, 7) is 3.95. The maximum atomic E-state index is 13.4. The lowest BCUT2D eigenvalue weighted by Crippen LogP contribution is -2.35. The molecule has 0 aliphatic carbocycles. The Morgan fingerprint density at radius 1 is 1.22 bits per heavy atom. The number of fused-ring (bicyclic) bond motifs is 1. The van der Waals surface area contributed by atoms with Crippen molar-refractivity contribution in [2.24, 2.45) is 0 Å². The number of halogens is 1. The van der Waals surface area contributed by atoms with Gasteiger partial charge in [-0.15, -0.1) is 0 Å². The SMILES string of the molecule is CC(=O)N1CCc2nc([C@@H]3CCN(C(=O)c4cccc(F)c4)C3)ncc2C1. The van der Waals surface area contributed by atoms with E-state index in [1.54, 1.807) is 28.9 Å². The summed E-state index contributed by atoms with van der Waals surface area (Å²) in [6.07, 6.45) is 3.33. The Labute approximate surface area is 157 Å².